The summed E-state index contributed by atoms with van der Waals surface area (Å²) >= 11 is 5.95. The van der Waals surface area contributed by atoms with E-state index in [9.17, 15) is 18.3 Å². The largest absolute Gasteiger partial charge is 0.479 e. The van der Waals surface area contributed by atoms with Crippen LogP contribution in [0.5, 0.6) is 5.75 Å². The summed E-state index contributed by atoms with van der Waals surface area (Å²) in [5.74, 6) is 0.786. The molecular weight excluding hydrogens is 407 g/mol. The van der Waals surface area contributed by atoms with E-state index in [4.69, 9.17) is 16.3 Å². The molecule has 0 bridgehead atoms. The fraction of sp³-hybridized carbons (Fsp3) is 0.300. The Hall–Kier alpha value is -2.58. The third-order valence-electron chi connectivity index (χ3n) is 4.44. The molecule has 0 atom stereocenters. The first-order chi connectivity index (χ1) is 13.5. The molecule has 29 heavy (non-hydrogen) atoms. The van der Waals surface area contributed by atoms with Gasteiger partial charge in [-0.3, -0.25) is 0 Å². The van der Waals surface area contributed by atoms with Gasteiger partial charge in [0.15, 0.2) is 17.2 Å². The van der Waals surface area contributed by atoms with Crippen LogP contribution < -0.4 is 4.74 Å². The molecule has 0 spiro atoms. The fourth-order valence-corrected chi connectivity index (χ4v) is 3.30. The Bertz CT molecular complexity index is 1030. The second-order valence-electron chi connectivity index (χ2n) is 6.97. The van der Waals surface area contributed by atoms with E-state index in [1.165, 1.54) is 22.8 Å². The van der Waals surface area contributed by atoms with Gasteiger partial charge in [-0.15, -0.1) is 10.2 Å². The molecule has 1 aromatic heterocycles. The van der Waals surface area contributed by atoms with Crippen molar-refractivity contribution < 1.29 is 23.0 Å². The molecule has 9 heteroatoms. The Labute approximate surface area is 170 Å². The quantitative estimate of drug-likeness (QED) is 0.627. The molecule has 0 aliphatic heterocycles. The van der Waals surface area contributed by atoms with Gasteiger partial charge in [0.25, 0.3) is 0 Å². The van der Waals surface area contributed by atoms with Crippen molar-refractivity contribution in [3.05, 3.63) is 64.4 Å². The molecule has 3 aromatic rings. The summed E-state index contributed by atoms with van der Waals surface area (Å²) in [5.41, 5.74) is -1.43. The van der Waals surface area contributed by atoms with Crippen LogP contribution in [0.15, 0.2) is 42.5 Å². The number of aliphatic hydroxyl groups excluding tert-OH is 1. The first kappa shape index (κ1) is 21.1. The van der Waals surface area contributed by atoms with Gasteiger partial charge in [0.1, 0.15) is 5.75 Å². The molecule has 0 saturated heterocycles. The van der Waals surface area contributed by atoms with Crippen LogP contribution in [0, 0.1) is 0 Å². The summed E-state index contributed by atoms with van der Waals surface area (Å²) < 4.78 is 47.7. The fourth-order valence-electron chi connectivity index (χ4n) is 3.11. The highest BCUT2D eigenvalue weighted by molar-refractivity contribution is 6.30. The maximum atomic E-state index is 13.4. The van der Waals surface area contributed by atoms with Crippen LogP contribution in [0.25, 0.3) is 11.4 Å². The van der Waals surface area contributed by atoms with Gasteiger partial charge in [-0.25, -0.2) is 0 Å². The number of alkyl halides is 3. The van der Waals surface area contributed by atoms with E-state index in [0.29, 0.717) is 22.2 Å². The summed E-state index contributed by atoms with van der Waals surface area (Å²) in [6, 6.07) is 10.0. The van der Waals surface area contributed by atoms with Crippen molar-refractivity contribution >= 4 is 11.6 Å². The Morgan fingerprint density at radius 2 is 1.79 bits per heavy atom. The monoisotopic (exact) mass is 425 g/mol. The molecule has 0 saturated carbocycles. The summed E-state index contributed by atoms with van der Waals surface area (Å²) in [7, 11) is 1.58. The molecule has 1 heterocycles. The molecule has 0 aliphatic carbocycles. The molecule has 1 N–H and O–H groups in total. The van der Waals surface area contributed by atoms with E-state index >= 15 is 0 Å². The molecule has 2 aromatic carbocycles. The first-order valence-corrected chi connectivity index (χ1v) is 9.07. The zero-order valence-electron chi connectivity index (χ0n) is 16.0. The summed E-state index contributed by atoms with van der Waals surface area (Å²) in [5, 5.41) is 18.1. The molecule has 0 unspecified atom stereocenters. The first-order valence-electron chi connectivity index (χ1n) is 8.69. The maximum Gasteiger partial charge on any atom is 0.417 e. The third-order valence-corrected chi connectivity index (χ3v) is 4.68. The molecule has 154 valence electrons. The van der Waals surface area contributed by atoms with Gasteiger partial charge < -0.3 is 14.4 Å². The second-order valence-corrected chi connectivity index (χ2v) is 7.41. The van der Waals surface area contributed by atoms with Gasteiger partial charge in [0, 0.05) is 23.2 Å². The number of hydrogen-bond donors (Lipinski definition) is 1. The highest BCUT2D eigenvalue weighted by Crippen LogP contribution is 2.37. The zero-order chi connectivity index (χ0) is 21.4. The Balaban J connectivity index is 2.02. The van der Waals surface area contributed by atoms with Crippen LogP contribution in [0.2, 0.25) is 5.02 Å². The van der Waals surface area contributed by atoms with Crippen molar-refractivity contribution in [1.82, 2.24) is 14.8 Å². The molecule has 0 aliphatic rings. The van der Waals surface area contributed by atoms with Crippen molar-refractivity contribution in [2.75, 3.05) is 0 Å². The molecule has 5 nitrogen and oxygen atoms in total. The van der Waals surface area contributed by atoms with Crippen molar-refractivity contribution in [1.29, 1.82) is 0 Å². The normalized spacial score (nSPS) is 12.3. The maximum absolute atomic E-state index is 13.4. The minimum atomic E-state index is -4.52. The lowest BCUT2D eigenvalue weighted by molar-refractivity contribution is -0.137. The molecule has 3 rings (SSSR count). The number of nitrogens with zero attached hydrogens (tertiary/aromatic N) is 3. The lowest BCUT2D eigenvalue weighted by Crippen LogP contribution is -2.29. The smallest absolute Gasteiger partial charge is 0.417 e. The van der Waals surface area contributed by atoms with Crippen molar-refractivity contribution in [2.24, 2.45) is 7.05 Å². The zero-order valence-corrected chi connectivity index (χ0v) is 16.7. The summed E-state index contributed by atoms with van der Waals surface area (Å²) in [6.45, 7) is 3.15. The van der Waals surface area contributed by atoms with E-state index in [2.05, 4.69) is 10.2 Å². The number of rotatable bonds is 5. The van der Waals surface area contributed by atoms with E-state index in [-0.39, 0.29) is 18.0 Å². The van der Waals surface area contributed by atoms with E-state index in [1.807, 2.05) is 0 Å². The minimum Gasteiger partial charge on any atom is -0.479 e. The van der Waals surface area contributed by atoms with Gasteiger partial charge in [-0.05, 0) is 38.1 Å². The van der Waals surface area contributed by atoms with Crippen LogP contribution >= 0.6 is 11.6 Å². The van der Waals surface area contributed by atoms with Crippen LogP contribution in [0.4, 0.5) is 13.2 Å². The number of halogens is 4. The lowest BCUT2D eigenvalue weighted by Gasteiger charge is -2.27. The van der Waals surface area contributed by atoms with Crippen molar-refractivity contribution in [2.45, 2.75) is 32.2 Å². The van der Waals surface area contributed by atoms with Gasteiger partial charge in [-0.2, -0.15) is 13.2 Å². The molecule has 0 radical (unpaired) electrons. The molecular formula is C20H19ClF3N3O2. The number of benzene rings is 2. The number of aromatic nitrogens is 3. The number of ether oxygens (including phenoxy) is 1. The van der Waals surface area contributed by atoms with E-state index in [1.54, 1.807) is 39.1 Å². The summed E-state index contributed by atoms with van der Waals surface area (Å²) in [6.07, 6.45) is -4.52. The molecule has 0 fully saturated rings. The van der Waals surface area contributed by atoms with Gasteiger partial charge >= 0.3 is 6.18 Å². The highest BCUT2D eigenvalue weighted by Gasteiger charge is 2.36. The Morgan fingerprint density at radius 1 is 1.10 bits per heavy atom. The standard InChI is InChI=1S/C20H19ClF3N3O2/c1-19(2,29-16-9-8-13(21)10-12(16)11-28)18-26-25-17(27(18)3)14-6-4-5-7-15(14)20(22,23)24/h4-10,28H,11H2,1-3H3. The minimum absolute atomic E-state index is 0.0698. The van der Waals surface area contributed by atoms with Crippen LogP contribution in [0.1, 0.15) is 30.8 Å². The van der Waals surface area contributed by atoms with Crippen molar-refractivity contribution in [3.63, 3.8) is 0 Å². The third kappa shape index (κ3) is 4.23. The topological polar surface area (TPSA) is 60.2 Å². The van der Waals surface area contributed by atoms with Gasteiger partial charge in [0.05, 0.1) is 12.2 Å². The Morgan fingerprint density at radius 3 is 2.45 bits per heavy atom. The predicted molar refractivity (Wildman–Crippen MR) is 102 cm³/mol. The van der Waals surface area contributed by atoms with Crippen LogP contribution in [-0.2, 0) is 25.4 Å². The van der Waals surface area contributed by atoms with Gasteiger partial charge in [-0.1, -0.05) is 29.8 Å². The highest BCUT2D eigenvalue weighted by atomic mass is 35.5. The van der Waals surface area contributed by atoms with E-state index < -0.39 is 17.3 Å². The molecule has 0 amide bonds. The van der Waals surface area contributed by atoms with Crippen LogP contribution in [0.3, 0.4) is 0 Å². The SMILES string of the molecule is Cn1c(-c2ccccc2C(F)(F)F)nnc1C(C)(C)Oc1ccc(Cl)cc1CO. The average Bonchev–Trinajstić information content (AvgIpc) is 3.04. The second kappa shape index (κ2) is 7.68. The van der Waals surface area contributed by atoms with Crippen molar-refractivity contribution in [3.8, 4) is 17.1 Å². The average molecular weight is 426 g/mol. The van der Waals surface area contributed by atoms with Gasteiger partial charge in [0.2, 0.25) is 0 Å². The van der Waals surface area contributed by atoms with E-state index in [0.717, 1.165) is 6.07 Å². The number of hydrogen-bond acceptors (Lipinski definition) is 4. The van der Waals surface area contributed by atoms with Crippen LogP contribution in [-0.4, -0.2) is 19.9 Å². The Kier molecular flexibility index (Phi) is 5.60. The lowest BCUT2D eigenvalue weighted by atomic mass is 10.1. The number of aliphatic hydroxyl groups is 1. The summed E-state index contributed by atoms with van der Waals surface area (Å²) in [4.78, 5) is 0. The predicted octanol–water partition coefficient (Wildman–Crippen LogP) is 4.96.